The summed E-state index contributed by atoms with van der Waals surface area (Å²) in [5.74, 6) is -3.93. The zero-order valence-corrected chi connectivity index (χ0v) is 18.5. The van der Waals surface area contributed by atoms with Gasteiger partial charge in [0.05, 0.1) is 42.3 Å². The topological polar surface area (TPSA) is 93.4 Å². The molecule has 1 N–H and O–H groups in total. The number of carbonyl (C=O) groups excluding carboxylic acids is 1. The van der Waals surface area contributed by atoms with E-state index in [1.807, 2.05) is 0 Å². The first-order valence-electron chi connectivity index (χ1n) is 10.2. The fourth-order valence-electron chi connectivity index (χ4n) is 3.92. The second-order valence-corrected chi connectivity index (χ2v) is 9.06. The number of pyridine rings is 1. The van der Waals surface area contributed by atoms with E-state index in [1.165, 1.54) is 4.68 Å². The molecule has 0 bridgehead atoms. The first kappa shape index (κ1) is 23.1. The molecule has 3 heterocycles. The van der Waals surface area contributed by atoms with Crippen molar-refractivity contribution in [2.45, 2.75) is 58.7 Å². The van der Waals surface area contributed by atoms with E-state index in [0.29, 0.717) is 35.0 Å². The number of aliphatic hydroxyl groups is 1. The highest BCUT2D eigenvalue weighted by molar-refractivity contribution is 5.70. The molecule has 0 aliphatic carbocycles. The first-order chi connectivity index (χ1) is 14.4. The van der Waals surface area contributed by atoms with Crippen LogP contribution in [0.3, 0.4) is 0 Å². The molecule has 0 unspecified atom stereocenters. The van der Waals surface area contributed by atoms with Gasteiger partial charge in [0.2, 0.25) is 0 Å². The van der Waals surface area contributed by atoms with Crippen molar-refractivity contribution in [3.8, 4) is 11.4 Å². The van der Waals surface area contributed by atoms with E-state index in [2.05, 4.69) is 15.3 Å². The highest BCUT2D eigenvalue weighted by Crippen LogP contribution is 2.36. The lowest BCUT2D eigenvalue weighted by Crippen LogP contribution is -2.48. The predicted molar refractivity (Wildman–Crippen MR) is 111 cm³/mol. The predicted octanol–water partition coefficient (Wildman–Crippen LogP) is 2.87. The Morgan fingerprint density at radius 2 is 2.06 bits per heavy atom. The van der Waals surface area contributed by atoms with E-state index >= 15 is 0 Å². The van der Waals surface area contributed by atoms with Crippen LogP contribution < -0.4 is 4.90 Å². The third-order valence-corrected chi connectivity index (χ3v) is 5.10. The minimum Gasteiger partial charge on any atom is -0.460 e. The van der Waals surface area contributed by atoms with Crippen LogP contribution in [0.15, 0.2) is 12.1 Å². The molecule has 2 aromatic heterocycles. The van der Waals surface area contributed by atoms with Crippen molar-refractivity contribution in [1.29, 1.82) is 0 Å². The van der Waals surface area contributed by atoms with Gasteiger partial charge < -0.3 is 14.7 Å². The zero-order valence-electron chi connectivity index (χ0n) is 18.5. The highest BCUT2D eigenvalue weighted by atomic mass is 19.3. The number of alkyl halides is 2. The third kappa shape index (κ3) is 5.55. The van der Waals surface area contributed by atoms with Crippen molar-refractivity contribution in [3.63, 3.8) is 0 Å². The maximum absolute atomic E-state index is 14.5. The summed E-state index contributed by atoms with van der Waals surface area (Å²) in [5, 5.41) is 17.5. The van der Waals surface area contributed by atoms with Gasteiger partial charge in [-0.05, 0) is 45.7 Å². The zero-order chi connectivity index (χ0) is 23.0. The van der Waals surface area contributed by atoms with Gasteiger partial charge in [-0.15, -0.1) is 5.10 Å². The van der Waals surface area contributed by atoms with Crippen LogP contribution >= 0.6 is 0 Å². The normalized spacial score (nSPS) is 18.8. The van der Waals surface area contributed by atoms with Crippen molar-refractivity contribution in [2.75, 3.05) is 18.0 Å². The highest BCUT2D eigenvalue weighted by Gasteiger charge is 2.42. The molecular weight excluding hydrogens is 408 g/mol. The molecule has 31 heavy (non-hydrogen) atoms. The van der Waals surface area contributed by atoms with Gasteiger partial charge in [0, 0.05) is 20.0 Å². The van der Waals surface area contributed by atoms with Gasteiger partial charge in [0.1, 0.15) is 11.3 Å². The Balaban J connectivity index is 1.81. The van der Waals surface area contributed by atoms with Crippen LogP contribution in [0.2, 0.25) is 0 Å². The van der Waals surface area contributed by atoms with E-state index in [4.69, 9.17) is 4.74 Å². The number of esters is 1. The molecule has 0 radical (unpaired) electrons. The van der Waals surface area contributed by atoms with E-state index < -0.39 is 30.0 Å². The van der Waals surface area contributed by atoms with Gasteiger partial charge in [0.25, 0.3) is 5.92 Å². The number of carbonyl (C=O) groups is 1. The molecule has 0 aromatic carbocycles. The summed E-state index contributed by atoms with van der Waals surface area (Å²) in [5.41, 5.74) is 1.95. The average Bonchev–Trinajstić information content (AvgIpc) is 2.99. The molecule has 1 fully saturated rings. The molecule has 1 aliphatic heterocycles. The smallest absolute Gasteiger partial charge is 0.306 e. The number of hydrogen-bond donors (Lipinski definition) is 1. The van der Waals surface area contributed by atoms with Crippen LogP contribution in [0.5, 0.6) is 0 Å². The minimum absolute atomic E-state index is 0.0621. The molecule has 0 saturated carbocycles. The second-order valence-electron chi connectivity index (χ2n) is 9.06. The number of rotatable bonds is 5. The van der Waals surface area contributed by atoms with Crippen LogP contribution in [-0.4, -0.2) is 55.7 Å². The van der Waals surface area contributed by atoms with Crippen LogP contribution in [0.25, 0.3) is 11.4 Å². The number of hydrogen-bond acceptors (Lipinski definition) is 7. The van der Waals surface area contributed by atoms with Gasteiger partial charge in [0.15, 0.2) is 0 Å². The molecule has 8 nitrogen and oxygen atoms in total. The van der Waals surface area contributed by atoms with Crippen LogP contribution in [0.1, 0.15) is 45.0 Å². The van der Waals surface area contributed by atoms with Gasteiger partial charge in [-0.25, -0.2) is 18.4 Å². The lowest BCUT2D eigenvalue weighted by Gasteiger charge is -2.39. The van der Waals surface area contributed by atoms with Gasteiger partial charge >= 0.3 is 5.97 Å². The van der Waals surface area contributed by atoms with Crippen molar-refractivity contribution < 1.29 is 23.4 Å². The number of anilines is 1. The fraction of sp³-hybridized carbons (Fsp3) is 0.619. The summed E-state index contributed by atoms with van der Waals surface area (Å²) >= 11 is 0. The summed E-state index contributed by atoms with van der Waals surface area (Å²) in [6.45, 7) is 6.62. The van der Waals surface area contributed by atoms with Gasteiger partial charge in [-0.3, -0.25) is 4.79 Å². The number of aromatic nitrogens is 4. The second kappa shape index (κ2) is 8.49. The molecule has 3 rings (SSSR count). The van der Waals surface area contributed by atoms with E-state index in [1.54, 1.807) is 51.8 Å². The summed E-state index contributed by atoms with van der Waals surface area (Å²) in [6.07, 6.45) is -0.417. The Bertz CT molecular complexity index is 955. The number of halogens is 2. The van der Waals surface area contributed by atoms with Crippen molar-refractivity contribution >= 4 is 11.7 Å². The molecule has 10 heteroatoms. The SMILES string of the molecule is Cc1nc(-c2nnn(C)c2CO)ccc1N1C[C@@H](CC(=O)OC(C)(C)C)CC(F)(F)C1. The Morgan fingerprint density at radius 1 is 1.35 bits per heavy atom. The summed E-state index contributed by atoms with van der Waals surface area (Å²) < 4.78 is 35.8. The summed E-state index contributed by atoms with van der Waals surface area (Å²) in [4.78, 5) is 18.3. The molecule has 0 amide bonds. The molecule has 1 aliphatic rings. The monoisotopic (exact) mass is 437 g/mol. The van der Waals surface area contributed by atoms with Gasteiger partial charge in [-0.1, -0.05) is 5.21 Å². The lowest BCUT2D eigenvalue weighted by molar-refractivity contribution is -0.156. The van der Waals surface area contributed by atoms with E-state index in [9.17, 15) is 18.7 Å². The first-order valence-corrected chi connectivity index (χ1v) is 10.2. The quantitative estimate of drug-likeness (QED) is 0.719. The van der Waals surface area contributed by atoms with Crippen LogP contribution in [-0.2, 0) is 23.2 Å². The Morgan fingerprint density at radius 3 is 2.68 bits per heavy atom. The number of ether oxygens (including phenoxy) is 1. The molecular formula is C21H29F2N5O3. The van der Waals surface area contributed by atoms with Crippen molar-refractivity contribution in [3.05, 3.63) is 23.5 Å². The standard InChI is InChI=1S/C21H29F2N5O3/c1-13-16(7-6-15(24-13)19-17(11-29)27(5)26-25-19)28-10-14(9-21(22,23)12-28)8-18(30)31-20(2,3)4/h6-7,14,29H,8-12H2,1-5H3/t14-/m0/s1. The van der Waals surface area contributed by atoms with Crippen LogP contribution in [0, 0.1) is 12.8 Å². The molecule has 0 spiro atoms. The summed E-state index contributed by atoms with van der Waals surface area (Å²) in [7, 11) is 1.67. The Labute approximate surface area is 180 Å². The van der Waals surface area contributed by atoms with Crippen molar-refractivity contribution in [2.24, 2.45) is 13.0 Å². The Hall–Kier alpha value is -2.62. The largest absolute Gasteiger partial charge is 0.460 e. The average molecular weight is 437 g/mol. The number of piperidine rings is 1. The fourth-order valence-corrected chi connectivity index (χ4v) is 3.92. The molecule has 1 atom stereocenters. The van der Waals surface area contributed by atoms with E-state index in [0.717, 1.165) is 0 Å². The number of aryl methyl sites for hydroxylation is 2. The number of aliphatic hydroxyl groups excluding tert-OH is 1. The molecule has 1 saturated heterocycles. The third-order valence-electron chi connectivity index (χ3n) is 5.10. The lowest BCUT2D eigenvalue weighted by atomic mass is 9.91. The summed E-state index contributed by atoms with van der Waals surface area (Å²) in [6, 6.07) is 3.40. The minimum atomic E-state index is -2.93. The van der Waals surface area contributed by atoms with E-state index in [-0.39, 0.29) is 19.4 Å². The molecule has 2 aromatic rings. The van der Waals surface area contributed by atoms with Crippen LogP contribution in [0.4, 0.5) is 14.5 Å². The Kier molecular flexibility index (Phi) is 6.31. The maximum Gasteiger partial charge on any atom is 0.306 e. The maximum atomic E-state index is 14.5. The van der Waals surface area contributed by atoms with Gasteiger partial charge in [-0.2, -0.15) is 0 Å². The number of nitrogens with zero attached hydrogens (tertiary/aromatic N) is 5. The molecule has 170 valence electrons. The van der Waals surface area contributed by atoms with Crippen molar-refractivity contribution in [1.82, 2.24) is 20.0 Å².